The van der Waals surface area contributed by atoms with Crippen LogP contribution in [-0.2, 0) is 13.0 Å². The molecule has 1 aromatic carbocycles. The summed E-state index contributed by atoms with van der Waals surface area (Å²) < 4.78 is 5.57. The molecule has 1 fully saturated rings. The van der Waals surface area contributed by atoms with Crippen LogP contribution in [0.5, 0.6) is 5.75 Å². The van der Waals surface area contributed by atoms with Gasteiger partial charge in [0.05, 0.1) is 7.11 Å². The zero-order chi connectivity index (χ0) is 15.9. The molecule has 0 atom stereocenters. The zero-order valence-corrected chi connectivity index (χ0v) is 14.8. The largest absolute Gasteiger partial charge is 0.496 e. The number of hydrogen-bond acceptors (Lipinski definition) is 3. The van der Waals surface area contributed by atoms with E-state index in [2.05, 4.69) is 49.0 Å². The fourth-order valence-electron chi connectivity index (χ4n) is 3.17. The van der Waals surface area contributed by atoms with Crippen molar-refractivity contribution >= 4 is 0 Å². The topological polar surface area (TPSA) is 15.7 Å². The minimum Gasteiger partial charge on any atom is -0.496 e. The van der Waals surface area contributed by atoms with Crippen molar-refractivity contribution in [1.82, 2.24) is 9.80 Å². The maximum absolute atomic E-state index is 5.57. The fraction of sp³-hybridized carbons (Fsp3) is 0.684. The molecule has 3 nitrogen and oxygen atoms in total. The monoisotopic (exact) mass is 304 g/mol. The third kappa shape index (κ3) is 5.29. The van der Waals surface area contributed by atoms with Gasteiger partial charge in [-0.05, 0) is 77.0 Å². The molecule has 0 amide bonds. The van der Waals surface area contributed by atoms with Gasteiger partial charge in [-0.15, -0.1) is 0 Å². The van der Waals surface area contributed by atoms with Crippen LogP contribution in [0.3, 0.4) is 0 Å². The molecule has 1 saturated heterocycles. The van der Waals surface area contributed by atoms with Crippen molar-refractivity contribution in [2.75, 3.05) is 40.8 Å². The highest BCUT2D eigenvalue weighted by Crippen LogP contribution is 2.25. The van der Waals surface area contributed by atoms with Gasteiger partial charge in [0.1, 0.15) is 5.75 Å². The first kappa shape index (κ1) is 17.3. The van der Waals surface area contributed by atoms with Gasteiger partial charge in [0.15, 0.2) is 0 Å². The Balaban J connectivity index is 1.98. The molecule has 3 heteroatoms. The Hall–Kier alpha value is -1.06. The lowest BCUT2D eigenvalue weighted by atomic mass is 9.98. The fourth-order valence-corrected chi connectivity index (χ4v) is 3.17. The van der Waals surface area contributed by atoms with Crippen LogP contribution in [0.4, 0.5) is 0 Å². The molecule has 1 heterocycles. The first-order valence-corrected chi connectivity index (χ1v) is 8.61. The Labute approximate surface area is 136 Å². The summed E-state index contributed by atoms with van der Waals surface area (Å²) in [4.78, 5) is 4.82. The van der Waals surface area contributed by atoms with E-state index in [0.717, 1.165) is 31.2 Å². The predicted octanol–water partition coefficient (Wildman–Crippen LogP) is 3.42. The molecular weight excluding hydrogens is 272 g/mol. The summed E-state index contributed by atoms with van der Waals surface area (Å²) in [6.07, 6.45) is 5.00. The van der Waals surface area contributed by atoms with Crippen molar-refractivity contribution in [3.8, 4) is 5.75 Å². The molecule has 0 saturated carbocycles. The van der Waals surface area contributed by atoms with Gasteiger partial charge in [0, 0.05) is 12.1 Å². The van der Waals surface area contributed by atoms with Crippen molar-refractivity contribution < 1.29 is 4.74 Å². The lowest BCUT2D eigenvalue weighted by Crippen LogP contribution is -2.32. The van der Waals surface area contributed by atoms with Crippen molar-refractivity contribution in [2.24, 2.45) is 5.92 Å². The number of piperidine rings is 1. The highest BCUT2D eigenvalue weighted by molar-refractivity contribution is 5.37. The predicted molar refractivity (Wildman–Crippen MR) is 93.5 cm³/mol. The Kier molecular flexibility index (Phi) is 6.71. The Morgan fingerprint density at radius 3 is 2.59 bits per heavy atom. The Morgan fingerprint density at radius 1 is 1.23 bits per heavy atom. The van der Waals surface area contributed by atoms with E-state index in [0.29, 0.717) is 0 Å². The van der Waals surface area contributed by atoms with Gasteiger partial charge in [-0.3, -0.25) is 4.90 Å². The Bertz CT molecular complexity index is 451. The van der Waals surface area contributed by atoms with Gasteiger partial charge in [0.2, 0.25) is 0 Å². The van der Waals surface area contributed by atoms with Gasteiger partial charge in [0.25, 0.3) is 0 Å². The molecule has 1 aliphatic rings. The number of likely N-dealkylation sites (tertiary alicyclic amines) is 1. The second-order valence-electron chi connectivity index (χ2n) is 7.01. The summed E-state index contributed by atoms with van der Waals surface area (Å²) in [5.74, 6) is 1.92. The number of hydrogen-bond donors (Lipinski definition) is 0. The molecule has 22 heavy (non-hydrogen) atoms. The highest BCUT2D eigenvalue weighted by Gasteiger charge is 2.17. The van der Waals surface area contributed by atoms with E-state index >= 15 is 0 Å². The number of ether oxygens (including phenoxy) is 1. The highest BCUT2D eigenvalue weighted by atomic mass is 16.5. The van der Waals surface area contributed by atoms with Crippen LogP contribution < -0.4 is 4.74 Å². The van der Waals surface area contributed by atoms with Crippen LogP contribution in [0.15, 0.2) is 18.2 Å². The van der Waals surface area contributed by atoms with Crippen LogP contribution in [0.1, 0.15) is 37.3 Å². The average Bonchev–Trinajstić information content (AvgIpc) is 2.49. The maximum atomic E-state index is 5.57. The number of nitrogens with zero attached hydrogens (tertiary/aromatic N) is 2. The van der Waals surface area contributed by atoms with Crippen LogP contribution in [-0.4, -0.2) is 50.6 Å². The lowest BCUT2D eigenvalue weighted by Gasteiger charge is -2.30. The third-order valence-electron chi connectivity index (χ3n) is 4.69. The number of methoxy groups -OCH3 is 1. The van der Waals surface area contributed by atoms with E-state index in [4.69, 9.17) is 4.74 Å². The van der Waals surface area contributed by atoms with Crippen molar-refractivity contribution in [1.29, 1.82) is 0 Å². The SMILES string of the molecule is COc1ccc(CCCN(C)C)cc1CN1CCC(C)CC1. The summed E-state index contributed by atoms with van der Waals surface area (Å²) in [5.41, 5.74) is 2.78. The first-order chi connectivity index (χ1) is 10.6. The standard InChI is InChI=1S/C19H32N2O/c1-16-9-12-21(13-10-16)15-18-14-17(6-5-11-20(2)3)7-8-19(18)22-4/h7-8,14,16H,5-6,9-13,15H2,1-4H3. The molecule has 0 radical (unpaired) electrons. The zero-order valence-electron chi connectivity index (χ0n) is 14.8. The normalized spacial score (nSPS) is 17.1. The van der Waals surface area contributed by atoms with E-state index in [9.17, 15) is 0 Å². The molecule has 1 aliphatic heterocycles. The van der Waals surface area contributed by atoms with Crippen LogP contribution in [0.2, 0.25) is 0 Å². The van der Waals surface area contributed by atoms with E-state index < -0.39 is 0 Å². The smallest absolute Gasteiger partial charge is 0.123 e. The van der Waals surface area contributed by atoms with Gasteiger partial charge < -0.3 is 9.64 Å². The van der Waals surface area contributed by atoms with Gasteiger partial charge in [-0.2, -0.15) is 0 Å². The summed E-state index contributed by atoms with van der Waals surface area (Å²) in [6, 6.07) is 6.72. The summed E-state index contributed by atoms with van der Waals surface area (Å²) in [5, 5.41) is 0. The second kappa shape index (κ2) is 8.54. The lowest BCUT2D eigenvalue weighted by molar-refractivity contribution is 0.183. The van der Waals surface area contributed by atoms with Gasteiger partial charge in [-0.1, -0.05) is 19.1 Å². The van der Waals surface area contributed by atoms with Gasteiger partial charge >= 0.3 is 0 Å². The average molecular weight is 304 g/mol. The third-order valence-corrected chi connectivity index (χ3v) is 4.69. The first-order valence-electron chi connectivity index (χ1n) is 8.61. The van der Waals surface area contributed by atoms with Crippen molar-refractivity contribution in [3.05, 3.63) is 29.3 Å². The minimum absolute atomic E-state index is 0.885. The molecule has 0 aromatic heterocycles. The molecular formula is C19H32N2O. The molecule has 0 spiro atoms. The number of benzene rings is 1. The van der Waals surface area contributed by atoms with Crippen LogP contribution in [0, 0.1) is 5.92 Å². The molecule has 2 rings (SSSR count). The summed E-state index contributed by atoms with van der Waals surface area (Å²) >= 11 is 0. The van der Waals surface area contributed by atoms with E-state index in [1.54, 1.807) is 7.11 Å². The molecule has 124 valence electrons. The Morgan fingerprint density at radius 2 is 1.95 bits per heavy atom. The van der Waals surface area contributed by atoms with Crippen molar-refractivity contribution in [2.45, 2.75) is 39.2 Å². The van der Waals surface area contributed by atoms with Crippen molar-refractivity contribution in [3.63, 3.8) is 0 Å². The molecule has 0 N–H and O–H groups in total. The van der Waals surface area contributed by atoms with Gasteiger partial charge in [-0.25, -0.2) is 0 Å². The molecule has 0 unspecified atom stereocenters. The molecule has 1 aromatic rings. The number of rotatable bonds is 7. The molecule has 0 bridgehead atoms. The second-order valence-corrected chi connectivity index (χ2v) is 7.01. The van der Waals surface area contributed by atoms with Crippen LogP contribution in [0.25, 0.3) is 0 Å². The van der Waals surface area contributed by atoms with Crippen LogP contribution >= 0.6 is 0 Å². The van der Waals surface area contributed by atoms with E-state index in [-0.39, 0.29) is 0 Å². The summed E-state index contributed by atoms with van der Waals surface area (Å²) in [7, 11) is 6.05. The minimum atomic E-state index is 0.885. The maximum Gasteiger partial charge on any atom is 0.123 e. The summed E-state index contributed by atoms with van der Waals surface area (Å²) in [6.45, 7) is 6.97. The quantitative estimate of drug-likeness (QED) is 0.767. The molecule has 0 aliphatic carbocycles. The van der Waals surface area contributed by atoms with E-state index in [1.165, 1.54) is 43.5 Å². The number of aryl methyl sites for hydroxylation is 1. The van der Waals surface area contributed by atoms with E-state index in [1.807, 2.05) is 0 Å².